The predicted molar refractivity (Wildman–Crippen MR) is 71.2 cm³/mol. The van der Waals surface area contributed by atoms with Gasteiger partial charge in [0.2, 0.25) is 0 Å². The molecule has 0 N–H and O–H groups in total. The summed E-state index contributed by atoms with van der Waals surface area (Å²) in [6, 6.07) is 0. The lowest BCUT2D eigenvalue weighted by Gasteiger charge is -2.38. The Labute approximate surface area is 97.8 Å². The highest BCUT2D eigenvalue weighted by Crippen LogP contribution is 2.42. The predicted octanol–water partition coefficient (Wildman–Crippen LogP) is 5.67. The third kappa shape index (κ3) is 5.04. The topological polar surface area (TPSA) is 0 Å². The first kappa shape index (κ1) is 15.0. The average molecular weight is 212 g/mol. The second-order valence-electron chi connectivity index (χ2n) is 4.72. The van der Waals surface area contributed by atoms with E-state index in [0.717, 1.165) is 17.8 Å². The lowest BCUT2D eigenvalue weighted by molar-refractivity contribution is 0.137. The number of hydrogen-bond donors (Lipinski definition) is 0. The molecule has 0 heterocycles. The minimum absolute atomic E-state index is 1.04. The highest BCUT2D eigenvalue weighted by atomic mass is 14.4. The molecule has 3 unspecified atom stereocenters. The van der Waals surface area contributed by atoms with Crippen molar-refractivity contribution in [3.05, 3.63) is 0 Å². The van der Waals surface area contributed by atoms with Crippen LogP contribution in [0.25, 0.3) is 0 Å². The molecular weight excluding hydrogens is 180 g/mol. The molecule has 0 aromatic carbocycles. The summed E-state index contributed by atoms with van der Waals surface area (Å²) in [6.45, 7) is 10.4. The van der Waals surface area contributed by atoms with Crippen LogP contribution in [0.15, 0.2) is 0 Å². The van der Waals surface area contributed by atoms with E-state index in [1.807, 2.05) is 27.7 Å². The summed E-state index contributed by atoms with van der Waals surface area (Å²) in [5.41, 5.74) is 0. The van der Waals surface area contributed by atoms with Crippen molar-refractivity contribution < 1.29 is 0 Å². The molecule has 92 valence electrons. The molecule has 0 spiro atoms. The van der Waals surface area contributed by atoms with Gasteiger partial charge in [0.25, 0.3) is 0 Å². The molecule has 2 saturated carbocycles. The van der Waals surface area contributed by atoms with E-state index in [9.17, 15) is 0 Å². The standard InChI is InChI=1S/C11H20.2C2H6/c1-9-6-7-10-4-2-3-5-11(10)8-9;2*1-2/h9-11H,2-8H2,1H3;2*1-2H3. The van der Waals surface area contributed by atoms with Gasteiger partial charge in [-0.3, -0.25) is 0 Å². The molecule has 0 aliphatic heterocycles. The van der Waals surface area contributed by atoms with Crippen LogP contribution in [0.5, 0.6) is 0 Å². The maximum Gasteiger partial charge on any atom is -0.0383 e. The molecule has 0 aromatic rings. The maximum atomic E-state index is 2.44. The summed E-state index contributed by atoms with van der Waals surface area (Å²) in [6.07, 6.45) is 10.8. The van der Waals surface area contributed by atoms with Gasteiger partial charge >= 0.3 is 0 Å². The molecule has 0 amide bonds. The molecule has 0 nitrogen and oxygen atoms in total. The van der Waals surface area contributed by atoms with Crippen LogP contribution in [-0.2, 0) is 0 Å². The van der Waals surface area contributed by atoms with E-state index in [1.54, 1.807) is 25.7 Å². The first-order valence-electron chi connectivity index (χ1n) is 7.36. The minimum atomic E-state index is 1.04. The second-order valence-corrected chi connectivity index (χ2v) is 4.72. The zero-order chi connectivity index (χ0) is 11.7. The van der Waals surface area contributed by atoms with E-state index >= 15 is 0 Å². The first-order valence-corrected chi connectivity index (χ1v) is 7.36. The monoisotopic (exact) mass is 212 g/mol. The van der Waals surface area contributed by atoms with Gasteiger partial charge < -0.3 is 0 Å². The van der Waals surface area contributed by atoms with Gasteiger partial charge in [-0.05, 0) is 30.6 Å². The molecule has 2 aliphatic rings. The van der Waals surface area contributed by atoms with Crippen LogP contribution in [0, 0.1) is 17.8 Å². The van der Waals surface area contributed by atoms with Gasteiger partial charge in [0.15, 0.2) is 0 Å². The molecule has 15 heavy (non-hydrogen) atoms. The Morgan fingerprint density at radius 3 is 1.80 bits per heavy atom. The quantitative estimate of drug-likeness (QED) is 0.485. The number of hydrogen-bond acceptors (Lipinski definition) is 0. The van der Waals surface area contributed by atoms with Gasteiger partial charge in [0.1, 0.15) is 0 Å². The van der Waals surface area contributed by atoms with Crippen LogP contribution < -0.4 is 0 Å². The number of rotatable bonds is 0. The molecule has 2 fully saturated rings. The molecule has 0 saturated heterocycles. The van der Waals surface area contributed by atoms with Crippen LogP contribution in [0.4, 0.5) is 0 Å². The Morgan fingerprint density at radius 2 is 1.20 bits per heavy atom. The summed E-state index contributed by atoms with van der Waals surface area (Å²) in [5.74, 6) is 3.31. The fraction of sp³-hybridized carbons (Fsp3) is 1.00. The fourth-order valence-corrected chi connectivity index (χ4v) is 3.11. The lowest BCUT2D eigenvalue weighted by Crippen LogP contribution is -2.26. The molecule has 2 rings (SSSR count). The summed E-state index contributed by atoms with van der Waals surface area (Å²) < 4.78 is 0. The molecule has 0 aromatic heterocycles. The highest BCUT2D eigenvalue weighted by Gasteiger charge is 2.29. The van der Waals surface area contributed by atoms with E-state index in [0.29, 0.717) is 0 Å². The lowest BCUT2D eigenvalue weighted by atomic mass is 9.68. The molecule has 0 radical (unpaired) electrons. The van der Waals surface area contributed by atoms with Crippen molar-refractivity contribution in [2.75, 3.05) is 0 Å². The third-order valence-electron chi connectivity index (χ3n) is 3.80. The Balaban J connectivity index is 0.000000442. The van der Waals surface area contributed by atoms with Gasteiger partial charge in [-0.25, -0.2) is 0 Å². The van der Waals surface area contributed by atoms with E-state index in [4.69, 9.17) is 0 Å². The van der Waals surface area contributed by atoms with E-state index in [-0.39, 0.29) is 0 Å². The van der Waals surface area contributed by atoms with Crippen LogP contribution in [0.2, 0.25) is 0 Å². The Bertz CT molecular complexity index is 128. The van der Waals surface area contributed by atoms with Gasteiger partial charge in [-0.15, -0.1) is 0 Å². The van der Waals surface area contributed by atoms with Crippen molar-refractivity contribution >= 4 is 0 Å². The normalized spacial score (nSPS) is 33.8. The molecule has 0 heteroatoms. The smallest absolute Gasteiger partial charge is 0.0383 e. The largest absolute Gasteiger partial charge is 0.0683 e. The van der Waals surface area contributed by atoms with E-state index in [1.165, 1.54) is 19.3 Å². The summed E-state index contributed by atoms with van der Waals surface area (Å²) in [7, 11) is 0. The van der Waals surface area contributed by atoms with Crippen molar-refractivity contribution in [1.29, 1.82) is 0 Å². The van der Waals surface area contributed by atoms with Crippen molar-refractivity contribution in [2.24, 2.45) is 17.8 Å². The van der Waals surface area contributed by atoms with Crippen LogP contribution in [0.3, 0.4) is 0 Å². The Kier molecular flexibility index (Phi) is 9.24. The Morgan fingerprint density at radius 1 is 0.667 bits per heavy atom. The summed E-state index contributed by atoms with van der Waals surface area (Å²) in [5, 5.41) is 0. The molecule has 2 aliphatic carbocycles. The van der Waals surface area contributed by atoms with Crippen molar-refractivity contribution in [3.63, 3.8) is 0 Å². The summed E-state index contributed by atoms with van der Waals surface area (Å²) >= 11 is 0. The third-order valence-corrected chi connectivity index (χ3v) is 3.80. The molecular formula is C15H32. The first-order chi connectivity index (χ1) is 7.36. The fourth-order valence-electron chi connectivity index (χ4n) is 3.11. The summed E-state index contributed by atoms with van der Waals surface area (Å²) in [4.78, 5) is 0. The van der Waals surface area contributed by atoms with Crippen molar-refractivity contribution in [3.8, 4) is 0 Å². The van der Waals surface area contributed by atoms with E-state index < -0.39 is 0 Å². The van der Waals surface area contributed by atoms with Gasteiger partial charge in [0, 0.05) is 0 Å². The van der Waals surface area contributed by atoms with Crippen LogP contribution in [0.1, 0.15) is 79.6 Å². The zero-order valence-electron chi connectivity index (χ0n) is 11.7. The van der Waals surface area contributed by atoms with Gasteiger partial charge in [0.05, 0.1) is 0 Å². The zero-order valence-corrected chi connectivity index (χ0v) is 11.7. The maximum absolute atomic E-state index is 2.44. The second kappa shape index (κ2) is 9.24. The molecule has 3 atom stereocenters. The van der Waals surface area contributed by atoms with Gasteiger partial charge in [-0.1, -0.05) is 66.7 Å². The van der Waals surface area contributed by atoms with Crippen LogP contribution >= 0.6 is 0 Å². The average Bonchev–Trinajstić information content (AvgIpc) is 2.34. The highest BCUT2D eigenvalue weighted by molar-refractivity contribution is 4.81. The van der Waals surface area contributed by atoms with Crippen LogP contribution in [-0.4, -0.2) is 0 Å². The minimum Gasteiger partial charge on any atom is -0.0683 e. The Hall–Kier alpha value is 0. The van der Waals surface area contributed by atoms with Gasteiger partial charge in [-0.2, -0.15) is 0 Å². The SMILES string of the molecule is CC.CC.CC1CCC2CCCCC2C1. The number of fused-ring (bicyclic) bond motifs is 1. The van der Waals surface area contributed by atoms with Crippen molar-refractivity contribution in [2.45, 2.75) is 79.6 Å². The van der Waals surface area contributed by atoms with E-state index in [2.05, 4.69) is 6.92 Å². The molecule has 0 bridgehead atoms. The van der Waals surface area contributed by atoms with Crippen molar-refractivity contribution in [1.82, 2.24) is 0 Å².